The lowest BCUT2D eigenvalue weighted by molar-refractivity contribution is -0.121. The molecule has 3 heterocycles. The Morgan fingerprint density at radius 2 is 1.96 bits per heavy atom. The molecule has 0 N–H and O–H groups in total. The van der Waals surface area contributed by atoms with E-state index in [4.69, 9.17) is 0 Å². The fourth-order valence-corrected chi connectivity index (χ4v) is 3.69. The predicted octanol–water partition coefficient (Wildman–Crippen LogP) is 3.49. The number of carbonyl (C=O) groups is 1. The molecule has 5 nitrogen and oxygen atoms in total. The van der Waals surface area contributed by atoms with Crippen molar-refractivity contribution in [2.75, 3.05) is 25.5 Å². The summed E-state index contributed by atoms with van der Waals surface area (Å²) < 4.78 is 2.05. The number of carbonyl (C=O) groups excluding carboxylic acids is 1. The van der Waals surface area contributed by atoms with Gasteiger partial charge in [0, 0.05) is 49.5 Å². The van der Waals surface area contributed by atoms with Crippen molar-refractivity contribution in [1.29, 1.82) is 0 Å². The second kappa shape index (κ2) is 5.59. The minimum absolute atomic E-state index is 0.132. The average Bonchev–Trinajstić information content (AvgIpc) is 3.17. The Bertz CT molecular complexity index is 964. The number of benzene rings is 1. The Labute approximate surface area is 154 Å². The van der Waals surface area contributed by atoms with Gasteiger partial charge in [0.1, 0.15) is 0 Å². The molecule has 134 valence electrons. The van der Waals surface area contributed by atoms with E-state index < -0.39 is 5.41 Å². The highest BCUT2D eigenvalue weighted by Gasteiger charge is 2.42. The van der Waals surface area contributed by atoms with E-state index in [-0.39, 0.29) is 5.91 Å². The molecule has 2 aromatic rings. The van der Waals surface area contributed by atoms with Gasteiger partial charge in [-0.1, -0.05) is 12.1 Å². The zero-order valence-electron chi connectivity index (χ0n) is 15.9. The number of likely N-dealkylation sites (N-methyl/N-ethyl adjacent to an activating group) is 2. The third kappa shape index (κ3) is 2.38. The minimum Gasteiger partial charge on any atom is -0.374 e. The summed E-state index contributed by atoms with van der Waals surface area (Å²) >= 11 is 0. The van der Waals surface area contributed by atoms with Crippen molar-refractivity contribution in [2.45, 2.75) is 26.2 Å². The van der Waals surface area contributed by atoms with E-state index >= 15 is 0 Å². The third-order valence-corrected chi connectivity index (χ3v) is 5.58. The molecule has 0 radical (unpaired) electrons. The maximum absolute atomic E-state index is 12.5. The summed E-state index contributed by atoms with van der Waals surface area (Å²) in [5.41, 5.74) is 5.87. The van der Waals surface area contributed by atoms with E-state index in [1.807, 2.05) is 33.4 Å². The largest absolute Gasteiger partial charge is 0.374 e. The Morgan fingerprint density at radius 3 is 2.69 bits per heavy atom. The number of anilines is 1. The van der Waals surface area contributed by atoms with Gasteiger partial charge in [0.05, 0.1) is 17.4 Å². The second-order valence-electron chi connectivity index (χ2n) is 7.68. The van der Waals surface area contributed by atoms with Crippen LogP contribution in [0.25, 0.3) is 17.0 Å². The zero-order chi connectivity index (χ0) is 18.6. The molecule has 4 rings (SSSR count). The molecule has 0 saturated heterocycles. The standard InChI is InChI=1S/C21H24N4O/c1-14-10-16(8-9-23(14)4)25-12-18(22-13-25)15-6-7-17-19(11-15)24(5)20(26)21(17,2)3/h6-8,10-13H,9H2,1-5H3. The molecule has 5 heteroatoms. The molecule has 1 aromatic heterocycles. The van der Waals surface area contributed by atoms with Gasteiger partial charge in [-0.25, -0.2) is 4.98 Å². The highest BCUT2D eigenvalue weighted by atomic mass is 16.2. The molecule has 0 unspecified atom stereocenters. The number of hydrogen-bond acceptors (Lipinski definition) is 3. The number of aromatic nitrogens is 2. The van der Waals surface area contributed by atoms with Crippen LogP contribution in [0.5, 0.6) is 0 Å². The average molecular weight is 348 g/mol. The number of rotatable bonds is 2. The molecule has 0 aliphatic carbocycles. The number of imidazole rings is 1. The summed E-state index contributed by atoms with van der Waals surface area (Å²) in [6.45, 7) is 6.96. The van der Waals surface area contributed by atoms with Crippen LogP contribution in [-0.2, 0) is 10.2 Å². The molecular weight excluding hydrogens is 324 g/mol. The van der Waals surface area contributed by atoms with Crippen LogP contribution in [0.4, 0.5) is 5.69 Å². The molecule has 0 saturated carbocycles. The van der Waals surface area contributed by atoms with Crippen molar-refractivity contribution in [1.82, 2.24) is 14.5 Å². The summed E-state index contributed by atoms with van der Waals surface area (Å²) in [4.78, 5) is 21.0. The third-order valence-electron chi connectivity index (χ3n) is 5.58. The summed E-state index contributed by atoms with van der Waals surface area (Å²) in [6.07, 6.45) is 8.25. The van der Waals surface area contributed by atoms with E-state index in [0.717, 1.165) is 34.8 Å². The van der Waals surface area contributed by atoms with Gasteiger partial charge in [-0.05, 0) is 44.6 Å². The van der Waals surface area contributed by atoms with Gasteiger partial charge in [0.25, 0.3) is 0 Å². The van der Waals surface area contributed by atoms with Gasteiger partial charge in [-0.15, -0.1) is 0 Å². The van der Waals surface area contributed by atoms with Crippen LogP contribution in [0.2, 0.25) is 0 Å². The number of hydrogen-bond donors (Lipinski definition) is 0. The second-order valence-corrected chi connectivity index (χ2v) is 7.68. The quantitative estimate of drug-likeness (QED) is 0.834. The van der Waals surface area contributed by atoms with Crippen LogP contribution in [0.15, 0.2) is 48.6 Å². The fourth-order valence-electron chi connectivity index (χ4n) is 3.69. The molecule has 0 atom stereocenters. The molecular formula is C21H24N4O. The van der Waals surface area contributed by atoms with E-state index in [0.29, 0.717) is 0 Å². The first-order chi connectivity index (χ1) is 12.3. The lowest BCUT2D eigenvalue weighted by atomic mass is 9.86. The van der Waals surface area contributed by atoms with Gasteiger partial charge in [0.15, 0.2) is 0 Å². The molecule has 0 bridgehead atoms. The fraction of sp³-hybridized carbons (Fsp3) is 0.333. The van der Waals surface area contributed by atoms with Gasteiger partial charge >= 0.3 is 0 Å². The summed E-state index contributed by atoms with van der Waals surface area (Å²) in [6, 6.07) is 6.19. The van der Waals surface area contributed by atoms with Crippen LogP contribution in [-0.4, -0.2) is 41.0 Å². The molecule has 1 amide bonds. The molecule has 2 aliphatic rings. The molecule has 26 heavy (non-hydrogen) atoms. The van der Waals surface area contributed by atoms with Crippen molar-refractivity contribution < 1.29 is 4.79 Å². The highest BCUT2D eigenvalue weighted by Crippen LogP contribution is 2.42. The maximum atomic E-state index is 12.5. The molecule has 0 fully saturated rings. The van der Waals surface area contributed by atoms with Crippen LogP contribution in [0, 0.1) is 0 Å². The minimum atomic E-state index is -0.469. The summed E-state index contributed by atoms with van der Waals surface area (Å²) in [7, 11) is 3.93. The number of fused-ring (bicyclic) bond motifs is 1. The Morgan fingerprint density at radius 1 is 1.19 bits per heavy atom. The monoisotopic (exact) mass is 348 g/mol. The summed E-state index contributed by atoms with van der Waals surface area (Å²) in [5.74, 6) is 0.132. The first-order valence-electron chi connectivity index (χ1n) is 8.86. The molecule has 2 aliphatic heterocycles. The van der Waals surface area contributed by atoms with Crippen LogP contribution in [0.1, 0.15) is 26.3 Å². The van der Waals surface area contributed by atoms with Gasteiger partial charge in [-0.3, -0.25) is 4.79 Å². The van der Waals surface area contributed by atoms with Crippen LogP contribution in [0.3, 0.4) is 0 Å². The normalized spacial score (nSPS) is 18.7. The van der Waals surface area contributed by atoms with E-state index in [2.05, 4.69) is 58.8 Å². The van der Waals surface area contributed by atoms with Gasteiger partial charge in [0.2, 0.25) is 5.91 Å². The van der Waals surface area contributed by atoms with Gasteiger partial charge < -0.3 is 14.4 Å². The van der Waals surface area contributed by atoms with Crippen LogP contribution >= 0.6 is 0 Å². The van der Waals surface area contributed by atoms with Crippen molar-refractivity contribution in [3.05, 3.63) is 54.1 Å². The topological polar surface area (TPSA) is 41.4 Å². The van der Waals surface area contributed by atoms with Gasteiger partial charge in [-0.2, -0.15) is 0 Å². The predicted molar refractivity (Wildman–Crippen MR) is 105 cm³/mol. The lowest BCUT2D eigenvalue weighted by Crippen LogP contribution is -2.33. The number of nitrogens with zero attached hydrogens (tertiary/aromatic N) is 4. The summed E-state index contributed by atoms with van der Waals surface area (Å²) in [5, 5.41) is 0. The smallest absolute Gasteiger partial charge is 0.236 e. The Balaban J connectivity index is 1.69. The van der Waals surface area contributed by atoms with E-state index in [9.17, 15) is 4.79 Å². The van der Waals surface area contributed by atoms with Crippen molar-refractivity contribution in [3.8, 4) is 11.3 Å². The van der Waals surface area contributed by atoms with Crippen LogP contribution < -0.4 is 4.90 Å². The van der Waals surface area contributed by atoms with Crippen molar-refractivity contribution in [3.63, 3.8) is 0 Å². The first-order valence-corrected chi connectivity index (χ1v) is 8.86. The Kier molecular flexibility index (Phi) is 3.58. The lowest BCUT2D eigenvalue weighted by Gasteiger charge is -2.23. The van der Waals surface area contributed by atoms with Crippen molar-refractivity contribution >= 4 is 17.3 Å². The molecule has 1 aromatic carbocycles. The zero-order valence-corrected chi connectivity index (χ0v) is 15.9. The van der Waals surface area contributed by atoms with Crippen molar-refractivity contribution in [2.24, 2.45) is 0 Å². The number of amides is 1. The number of allylic oxidation sites excluding steroid dienone is 3. The first kappa shape index (κ1) is 16.6. The molecule has 0 spiro atoms. The van der Waals surface area contributed by atoms with E-state index in [1.165, 1.54) is 5.70 Å². The Hall–Kier alpha value is -2.82. The SMILES string of the molecule is CC1=CC(n2cnc(-c3ccc4c(c3)N(C)C(=O)C4(C)C)c2)=CCN1C. The highest BCUT2D eigenvalue weighted by molar-refractivity contribution is 6.07. The maximum Gasteiger partial charge on any atom is 0.236 e. The van der Waals surface area contributed by atoms with E-state index in [1.54, 1.807) is 4.90 Å².